The number of benzene rings is 10. The van der Waals surface area contributed by atoms with E-state index in [0.717, 1.165) is 66.1 Å². The maximum atomic E-state index is 11.9. The zero-order chi connectivity index (χ0) is 37.9. The molecule has 1 aliphatic rings. The molecule has 11 rings (SSSR count). The van der Waals surface area contributed by atoms with Crippen LogP contribution in [0.1, 0.15) is 0 Å². The molecule has 1 heteroatoms. The average Bonchev–Trinajstić information content (AvgIpc) is 3.63. The molecule has 0 saturated heterocycles. The molecule has 0 amide bonds. The third-order valence-electron chi connectivity index (χ3n) is 11.7. The Kier molecular flexibility index (Phi) is 7.72. The molecule has 10 aromatic carbocycles. The van der Waals surface area contributed by atoms with Gasteiger partial charge in [0.25, 0.3) is 0 Å². The third-order valence-corrected chi connectivity index (χ3v) is 11.7. The molecule has 0 spiro atoms. The van der Waals surface area contributed by atoms with E-state index in [0.29, 0.717) is 5.75 Å². The van der Waals surface area contributed by atoms with Crippen molar-refractivity contribution in [3.8, 4) is 94.8 Å². The van der Waals surface area contributed by atoms with Crippen LogP contribution in [0.2, 0.25) is 0 Å². The summed E-state index contributed by atoms with van der Waals surface area (Å²) in [7, 11) is 0. The number of rotatable bonds is 6. The molecule has 266 valence electrons. The lowest BCUT2D eigenvalue weighted by Gasteiger charge is -2.13. The van der Waals surface area contributed by atoms with E-state index >= 15 is 0 Å². The van der Waals surface area contributed by atoms with Crippen LogP contribution in [-0.2, 0) is 0 Å². The fourth-order valence-corrected chi connectivity index (χ4v) is 8.88. The monoisotopic (exact) mass is 724 g/mol. The van der Waals surface area contributed by atoms with Gasteiger partial charge in [-0.2, -0.15) is 0 Å². The lowest BCUT2D eigenvalue weighted by Crippen LogP contribution is -1.87. The fourth-order valence-electron chi connectivity index (χ4n) is 8.88. The van der Waals surface area contributed by atoms with Gasteiger partial charge in [0.2, 0.25) is 0 Å². The quantitative estimate of drug-likeness (QED) is 0.169. The second kappa shape index (κ2) is 13.4. The molecule has 1 nitrogen and oxygen atoms in total. The highest BCUT2D eigenvalue weighted by Crippen LogP contribution is 2.56. The van der Waals surface area contributed by atoms with Crippen LogP contribution in [0, 0.1) is 0 Å². The Labute approximate surface area is 332 Å². The summed E-state index contributed by atoms with van der Waals surface area (Å²) in [5.74, 6) is 0.346. The van der Waals surface area contributed by atoms with Crippen LogP contribution >= 0.6 is 0 Å². The highest BCUT2D eigenvalue weighted by molar-refractivity contribution is 6.27. The van der Waals surface area contributed by atoms with E-state index in [9.17, 15) is 5.11 Å². The van der Waals surface area contributed by atoms with Gasteiger partial charge in [0, 0.05) is 16.3 Å². The molecular formula is C56H36O. The van der Waals surface area contributed by atoms with E-state index in [1.807, 2.05) is 12.1 Å². The van der Waals surface area contributed by atoms with Crippen LogP contribution in [0.3, 0.4) is 0 Å². The molecular weight excluding hydrogens is 689 g/mol. The van der Waals surface area contributed by atoms with Gasteiger partial charge in [-0.3, -0.25) is 0 Å². The van der Waals surface area contributed by atoms with Crippen molar-refractivity contribution >= 4 is 21.5 Å². The lowest BCUT2D eigenvalue weighted by atomic mass is 9.91. The smallest absolute Gasteiger partial charge is 0.131 e. The second-order valence-electron chi connectivity index (χ2n) is 15.0. The normalized spacial score (nSPS) is 11.6. The van der Waals surface area contributed by atoms with Gasteiger partial charge >= 0.3 is 0 Å². The van der Waals surface area contributed by atoms with Gasteiger partial charge in [-0.25, -0.2) is 0 Å². The van der Waals surface area contributed by atoms with Gasteiger partial charge in [0.15, 0.2) is 0 Å². The molecule has 0 fully saturated rings. The number of aromatic hydroxyl groups is 1. The number of hydrogen-bond acceptors (Lipinski definition) is 1. The SMILES string of the molecule is Oc1c2c3c(cc(-c4cccc(-c5cccc(-c6ccccc6)c5)c4)cc3c3ccccc13)-c1cc(-c3cccc(-c4cccc(-c5ccccc5)c4)c3)ccc1-2. The van der Waals surface area contributed by atoms with Crippen molar-refractivity contribution in [2.45, 2.75) is 0 Å². The number of phenolic OH excluding ortho intramolecular Hbond substituents is 1. The van der Waals surface area contributed by atoms with Crippen molar-refractivity contribution in [1.29, 1.82) is 0 Å². The van der Waals surface area contributed by atoms with Crippen molar-refractivity contribution < 1.29 is 5.11 Å². The minimum Gasteiger partial charge on any atom is -0.507 e. The van der Waals surface area contributed by atoms with E-state index in [-0.39, 0.29) is 0 Å². The summed E-state index contributed by atoms with van der Waals surface area (Å²) in [4.78, 5) is 0. The fraction of sp³-hybridized carbons (Fsp3) is 0. The first kappa shape index (κ1) is 32.9. The van der Waals surface area contributed by atoms with Crippen LogP contribution in [-0.4, -0.2) is 5.11 Å². The summed E-state index contributed by atoms with van der Waals surface area (Å²) >= 11 is 0. The zero-order valence-corrected chi connectivity index (χ0v) is 31.2. The predicted octanol–water partition coefficient (Wildman–Crippen LogP) is 15.3. The first-order chi connectivity index (χ1) is 28.2. The number of hydrogen-bond donors (Lipinski definition) is 1. The Bertz CT molecular complexity index is 3180. The summed E-state index contributed by atoms with van der Waals surface area (Å²) in [6, 6.07) is 76.1. The molecule has 0 bridgehead atoms. The zero-order valence-electron chi connectivity index (χ0n) is 31.2. The van der Waals surface area contributed by atoms with Crippen molar-refractivity contribution in [3.63, 3.8) is 0 Å². The lowest BCUT2D eigenvalue weighted by molar-refractivity contribution is 0.484. The maximum absolute atomic E-state index is 11.9. The molecule has 0 aliphatic heterocycles. The average molecular weight is 725 g/mol. The van der Waals surface area contributed by atoms with Crippen LogP contribution in [0.15, 0.2) is 212 Å². The molecule has 1 N–H and O–H groups in total. The minimum atomic E-state index is 0.346. The van der Waals surface area contributed by atoms with Crippen molar-refractivity contribution in [3.05, 3.63) is 212 Å². The standard InChI is InChI=1S/C56H36O/c57-56-50-26-8-7-25-48(50)52-34-47(45-24-12-22-43(32-45)41-20-10-18-39(30-41)37-15-5-2-6-16-37)35-53-51-33-46(27-28-49(51)55(56)54(52)53)44-23-11-21-42(31-44)40-19-9-17-38(29-40)36-13-3-1-4-14-36/h1-35,57H. The first-order valence-corrected chi connectivity index (χ1v) is 19.6. The second-order valence-corrected chi connectivity index (χ2v) is 15.0. The Morgan fingerprint density at radius 3 is 1.12 bits per heavy atom. The maximum Gasteiger partial charge on any atom is 0.131 e. The summed E-state index contributed by atoms with van der Waals surface area (Å²) in [6.45, 7) is 0. The molecule has 0 aromatic heterocycles. The summed E-state index contributed by atoms with van der Waals surface area (Å²) in [6.07, 6.45) is 0. The largest absolute Gasteiger partial charge is 0.507 e. The van der Waals surface area contributed by atoms with Crippen LogP contribution < -0.4 is 0 Å². The van der Waals surface area contributed by atoms with Gasteiger partial charge < -0.3 is 5.11 Å². The predicted molar refractivity (Wildman–Crippen MR) is 240 cm³/mol. The molecule has 57 heavy (non-hydrogen) atoms. The number of fused-ring (bicyclic) bond motifs is 5. The molecule has 0 atom stereocenters. The highest BCUT2D eigenvalue weighted by Gasteiger charge is 2.28. The van der Waals surface area contributed by atoms with E-state index in [4.69, 9.17) is 0 Å². The summed E-state index contributed by atoms with van der Waals surface area (Å²) in [5, 5.41) is 16.1. The van der Waals surface area contributed by atoms with E-state index in [1.54, 1.807) is 0 Å². The van der Waals surface area contributed by atoms with Crippen LogP contribution in [0.4, 0.5) is 0 Å². The van der Waals surface area contributed by atoms with Crippen molar-refractivity contribution in [1.82, 2.24) is 0 Å². The van der Waals surface area contributed by atoms with Crippen LogP contribution in [0.5, 0.6) is 5.75 Å². The molecule has 1 aliphatic carbocycles. The van der Waals surface area contributed by atoms with Crippen LogP contribution in [0.25, 0.3) is 111 Å². The van der Waals surface area contributed by atoms with Gasteiger partial charge in [0.1, 0.15) is 5.75 Å². The molecule has 0 heterocycles. The molecule has 0 unspecified atom stereocenters. The van der Waals surface area contributed by atoms with Gasteiger partial charge in [-0.15, -0.1) is 0 Å². The summed E-state index contributed by atoms with van der Waals surface area (Å²) in [5.41, 5.74) is 18.4. The Morgan fingerprint density at radius 1 is 0.228 bits per heavy atom. The Balaban J connectivity index is 1.04. The highest BCUT2D eigenvalue weighted by atomic mass is 16.3. The van der Waals surface area contributed by atoms with Crippen molar-refractivity contribution in [2.75, 3.05) is 0 Å². The van der Waals surface area contributed by atoms with Gasteiger partial charge in [-0.05, 0) is 137 Å². The Morgan fingerprint density at radius 2 is 0.614 bits per heavy atom. The van der Waals surface area contributed by atoms with E-state index in [1.165, 1.54) is 44.5 Å². The van der Waals surface area contributed by atoms with E-state index in [2.05, 4.69) is 200 Å². The van der Waals surface area contributed by atoms with Gasteiger partial charge in [-0.1, -0.05) is 170 Å². The topological polar surface area (TPSA) is 20.2 Å². The van der Waals surface area contributed by atoms with E-state index < -0.39 is 0 Å². The number of phenols is 1. The summed E-state index contributed by atoms with van der Waals surface area (Å²) < 4.78 is 0. The third kappa shape index (κ3) is 5.63. The van der Waals surface area contributed by atoms with Gasteiger partial charge in [0.05, 0.1) is 0 Å². The minimum absolute atomic E-state index is 0.346. The first-order valence-electron chi connectivity index (χ1n) is 19.6. The molecule has 0 radical (unpaired) electrons. The molecule has 0 saturated carbocycles. The van der Waals surface area contributed by atoms with Crippen molar-refractivity contribution in [2.24, 2.45) is 0 Å². The Hall–Kier alpha value is -7.48. The molecule has 10 aromatic rings.